The highest BCUT2D eigenvalue weighted by Gasteiger charge is 2.23. The first-order valence-electron chi connectivity index (χ1n) is 10.9. The highest BCUT2D eigenvalue weighted by molar-refractivity contribution is 6.43. The fourth-order valence-corrected chi connectivity index (χ4v) is 4.01. The minimum Gasteiger partial charge on any atom is -0.490 e. The van der Waals surface area contributed by atoms with Crippen molar-refractivity contribution in [1.82, 2.24) is 4.90 Å². The molecule has 7 nitrogen and oxygen atoms in total. The largest absolute Gasteiger partial charge is 0.490 e. The van der Waals surface area contributed by atoms with Gasteiger partial charge in [0, 0.05) is 26.2 Å². The molecule has 0 unspecified atom stereocenters. The lowest BCUT2D eigenvalue weighted by atomic mass is 10.1. The second-order valence-corrected chi connectivity index (χ2v) is 8.21. The number of carbonyl (C=O) groups excluding carboxylic acids is 2. The monoisotopic (exact) mass is 494 g/mol. The van der Waals surface area contributed by atoms with Crippen molar-refractivity contribution in [1.29, 1.82) is 0 Å². The smallest absolute Gasteiger partial charge is 0.310 e. The fraction of sp³-hybridized carbons (Fsp3) is 0.417. The number of esters is 1. The van der Waals surface area contributed by atoms with Crippen molar-refractivity contribution >= 4 is 40.8 Å². The summed E-state index contributed by atoms with van der Waals surface area (Å²) in [5.41, 5.74) is 1.63. The quantitative estimate of drug-likeness (QED) is 0.486. The summed E-state index contributed by atoms with van der Waals surface area (Å²) in [6, 6.07) is 10.8. The Labute approximate surface area is 204 Å². The van der Waals surface area contributed by atoms with Crippen LogP contribution in [0.5, 0.6) is 11.5 Å². The van der Waals surface area contributed by atoms with Gasteiger partial charge in [0.1, 0.15) is 0 Å². The molecular formula is C24H28Cl2N2O5. The second-order valence-electron chi connectivity index (χ2n) is 7.43. The molecule has 0 bridgehead atoms. The average Bonchev–Trinajstić information content (AvgIpc) is 2.81. The van der Waals surface area contributed by atoms with Crippen molar-refractivity contribution in [2.75, 3.05) is 50.9 Å². The van der Waals surface area contributed by atoms with Crippen LogP contribution in [0.15, 0.2) is 36.4 Å². The summed E-state index contributed by atoms with van der Waals surface area (Å²) in [7, 11) is 0. The van der Waals surface area contributed by atoms with Crippen molar-refractivity contribution in [2.24, 2.45) is 0 Å². The van der Waals surface area contributed by atoms with Gasteiger partial charge in [-0.25, -0.2) is 0 Å². The Bertz CT molecular complexity index is 977. The lowest BCUT2D eigenvalue weighted by Gasteiger charge is -2.36. The number of nitrogens with zero attached hydrogens (tertiary/aromatic N) is 2. The maximum absolute atomic E-state index is 12.7. The van der Waals surface area contributed by atoms with Crippen LogP contribution in [0.1, 0.15) is 19.4 Å². The van der Waals surface area contributed by atoms with Gasteiger partial charge in [0.25, 0.3) is 5.91 Å². The zero-order chi connectivity index (χ0) is 23.8. The van der Waals surface area contributed by atoms with Gasteiger partial charge in [-0.2, -0.15) is 0 Å². The first-order valence-corrected chi connectivity index (χ1v) is 11.7. The minimum atomic E-state index is -0.304. The van der Waals surface area contributed by atoms with E-state index in [1.54, 1.807) is 36.1 Å². The van der Waals surface area contributed by atoms with Crippen LogP contribution in [0.25, 0.3) is 0 Å². The van der Waals surface area contributed by atoms with E-state index in [1.165, 1.54) is 0 Å². The number of hydrogen-bond acceptors (Lipinski definition) is 6. The molecule has 33 heavy (non-hydrogen) atoms. The number of benzene rings is 2. The third-order valence-corrected chi connectivity index (χ3v) is 6.03. The summed E-state index contributed by atoms with van der Waals surface area (Å²) in [5.74, 6) is 0.543. The Kier molecular flexibility index (Phi) is 9.09. The van der Waals surface area contributed by atoms with E-state index in [1.807, 2.05) is 19.1 Å². The number of ether oxygens (including phenoxy) is 3. The van der Waals surface area contributed by atoms with Crippen LogP contribution in [0.3, 0.4) is 0 Å². The van der Waals surface area contributed by atoms with Gasteiger partial charge in [0.15, 0.2) is 18.1 Å². The van der Waals surface area contributed by atoms with E-state index in [2.05, 4.69) is 4.90 Å². The van der Waals surface area contributed by atoms with Crippen molar-refractivity contribution in [3.63, 3.8) is 0 Å². The van der Waals surface area contributed by atoms with Gasteiger partial charge in [0.2, 0.25) is 0 Å². The molecule has 2 aromatic rings. The number of rotatable bonds is 9. The van der Waals surface area contributed by atoms with Crippen LogP contribution in [0.2, 0.25) is 10.0 Å². The highest BCUT2D eigenvalue weighted by atomic mass is 35.5. The molecule has 1 amide bonds. The Morgan fingerprint density at radius 1 is 0.939 bits per heavy atom. The van der Waals surface area contributed by atoms with Crippen LogP contribution < -0.4 is 14.4 Å². The summed E-state index contributed by atoms with van der Waals surface area (Å²) in [6.45, 7) is 6.71. The van der Waals surface area contributed by atoms with Crippen LogP contribution >= 0.6 is 23.2 Å². The molecule has 0 spiro atoms. The second kappa shape index (κ2) is 12.0. The topological polar surface area (TPSA) is 68.3 Å². The first kappa shape index (κ1) is 25.0. The van der Waals surface area contributed by atoms with E-state index in [-0.39, 0.29) is 24.9 Å². The number of anilines is 1. The number of halogens is 2. The summed E-state index contributed by atoms with van der Waals surface area (Å²) in [4.78, 5) is 28.4. The molecule has 0 saturated carbocycles. The Morgan fingerprint density at radius 3 is 2.39 bits per heavy atom. The third kappa shape index (κ3) is 6.68. The van der Waals surface area contributed by atoms with Crippen LogP contribution in [0, 0.1) is 0 Å². The zero-order valence-electron chi connectivity index (χ0n) is 18.8. The maximum atomic E-state index is 12.7. The van der Waals surface area contributed by atoms with Crippen molar-refractivity contribution < 1.29 is 23.8 Å². The zero-order valence-corrected chi connectivity index (χ0v) is 20.3. The van der Waals surface area contributed by atoms with Gasteiger partial charge in [-0.1, -0.05) is 35.3 Å². The van der Waals surface area contributed by atoms with E-state index in [4.69, 9.17) is 37.4 Å². The molecule has 0 radical (unpaired) electrons. The van der Waals surface area contributed by atoms with Gasteiger partial charge in [-0.05, 0) is 43.7 Å². The van der Waals surface area contributed by atoms with Gasteiger partial charge >= 0.3 is 5.97 Å². The molecule has 0 atom stereocenters. The number of hydrogen-bond donors (Lipinski definition) is 0. The van der Waals surface area contributed by atoms with E-state index < -0.39 is 0 Å². The lowest BCUT2D eigenvalue weighted by molar-refractivity contribution is -0.142. The minimum absolute atomic E-state index is 0.102. The van der Waals surface area contributed by atoms with E-state index in [0.29, 0.717) is 60.9 Å². The molecule has 3 rings (SSSR count). The number of carbonyl (C=O) groups is 2. The first-order chi connectivity index (χ1) is 15.9. The molecule has 1 saturated heterocycles. The molecule has 9 heteroatoms. The summed E-state index contributed by atoms with van der Waals surface area (Å²) in [5, 5.41) is 1.04. The fourth-order valence-electron chi connectivity index (χ4n) is 3.59. The van der Waals surface area contributed by atoms with E-state index in [0.717, 1.165) is 11.3 Å². The molecule has 1 aliphatic heterocycles. The van der Waals surface area contributed by atoms with Crippen LogP contribution in [-0.2, 0) is 20.7 Å². The third-order valence-electron chi connectivity index (χ3n) is 5.22. The predicted molar refractivity (Wildman–Crippen MR) is 129 cm³/mol. The Balaban J connectivity index is 1.56. The maximum Gasteiger partial charge on any atom is 0.310 e. The normalized spacial score (nSPS) is 13.6. The van der Waals surface area contributed by atoms with Crippen LogP contribution in [-0.4, -0.2) is 62.8 Å². The summed E-state index contributed by atoms with van der Waals surface area (Å²) in [6.07, 6.45) is 0.147. The Morgan fingerprint density at radius 2 is 1.70 bits per heavy atom. The van der Waals surface area contributed by atoms with Gasteiger partial charge in [-0.15, -0.1) is 0 Å². The molecule has 0 N–H and O–H groups in total. The predicted octanol–water partition coefficient (Wildman–Crippen LogP) is 4.23. The summed E-state index contributed by atoms with van der Waals surface area (Å²) >= 11 is 12.4. The van der Waals surface area contributed by atoms with Gasteiger partial charge in [-0.3, -0.25) is 9.59 Å². The molecular weight excluding hydrogens is 467 g/mol. The van der Waals surface area contributed by atoms with Crippen molar-refractivity contribution in [3.05, 3.63) is 52.0 Å². The summed E-state index contributed by atoms with van der Waals surface area (Å²) < 4.78 is 16.4. The molecule has 0 aliphatic carbocycles. The van der Waals surface area contributed by atoms with Crippen LogP contribution in [0.4, 0.5) is 5.69 Å². The molecule has 0 aromatic heterocycles. The van der Waals surface area contributed by atoms with Crippen molar-refractivity contribution in [3.8, 4) is 11.5 Å². The number of piperazine rings is 1. The standard InChI is InChI=1S/C24H28Cl2N2O5/c1-3-31-21-14-17(15-23(30)32-4-2)8-9-20(21)33-16-22(29)28-12-10-27(11-13-28)19-7-5-6-18(25)24(19)26/h5-9,14H,3-4,10-13,15-16H2,1-2H3. The van der Waals surface area contributed by atoms with Crippen molar-refractivity contribution in [2.45, 2.75) is 20.3 Å². The molecule has 1 heterocycles. The molecule has 2 aromatic carbocycles. The lowest BCUT2D eigenvalue weighted by Crippen LogP contribution is -2.50. The van der Waals surface area contributed by atoms with Gasteiger partial charge in [0.05, 0.1) is 35.4 Å². The molecule has 178 valence electrons. The molecule has 1 fully saturated rings. The highest BCUT2D eigenvalue weighted by Crippen LogP contribution is 2.33. The number of amides is 1. The Hall–Kier alpha value is -2.64. The molecule has 1 aliphatic rings. The average molecular weight is 495 g/mol. The van der Waals surface area contributed by atoms with E-state index in [9.17, 15) is 9.59 Å². The van der Waals surface area contributed by atoms with E-state index >= 15 is 0 Å². The SMILES string of the molecule is CCOC(=O)Cc1ccc(OCC(=O)N2CCN(c3cccc(Cl)c3Cl)CC2)c(OCC)c1. The van der Waals surface area contributed by atoms with Gasteiger partial charge < -0.3 is 24.0 Å².